The Labute approximate surface area is 199 Å². The summed E-state index contributed by atoms with van der Waals surface area (Å²) in [5.74, 6) is -5.42. The van der Waals surface area contributed by atoms with Crippen LogP contribution in [0.25, 0.3) is 11.3 Å². The molecule has 3 heterocycles. The van der Waals surface area contributed by atoms with Crippen molar-refractivity contribution in [3.63, 3.8) is 0 Å². The second-order valence-electron chi connectivity index (χ2n) is 7.91. The van der Waals surface area contributed by atoms with Crippen LogP contribution in [0.1, 0.15) is 18.9 Å². The Morgan fingerprint density at radius 1 is 1.20 bits per heavy atom. The molecule has 0 aliphatic carbocycles. The summed E-state index contributed by atoms with van der Waals surface area (Å²) in [5.41, 5.74) is -2.03. The Bertz CT molecular complexity index is 1270. The smallest absolute Gasteiger partial charge is 0.419 e. The van der Waals surface area contributed by atoms with Gasteiger partial charge in [-0.1, -0.05) is 0 Å². The lowest BCUT2D eigenvalue weighted by molar-refractivity contribution is -0.142. The fourth-order valence-corrected chi connectivity index (χ4v) is 4.66. The molecule has 2 aliphatic heterocycles. The summed E-state index contributed by atoms with van der Waals surface area (Å²) in [4.78, 5) is 43.6. The predicted molar refractivity (Wildman–Crippen MR) is 113 cm³/mol. The Kier molecular flexibility index (Phi) is 6.03. The molecule has 4 rings (SSSR count). The van der Waals surface area contributed by atoms with Crippen molar-refractivity contribution >= 4 is 34.3 Å². The number of urea groups is 1. The lowest BCUT2D eigenvalue weighted by atomic mass is 9.92. The molecule has 1 aromatic carbocycles. The Morgan fingerprint density at radius 3 is 2.54 bits per heavy atom. The maximum absolute atomic E-state index is 14.3. The number of hydrogen-bond donors (Lipinski definition) is 1. The van der Waals surface area contributed by atoms with Gasteiger partial charge in [0.2, 0.25) is 11.8 Å². The molecule has 2 unspecified atom stereocenters. The molecule has 1 saturated heterocycles. The number of nitrogens with one attached hydrogen (secondary N) is 1. The standard InChI is InChI=1S/C21H17F5N4O4S/c1-8-10(14-17(32)29(2)20(33)30(3)18(14)34-8)6-13(31)28-19-27-12(7-35-19)9-4-5-11(21(24,25)26)16(23)15(9)22/h4-5,7,14,18H,6H2,1-3H3,(H,27,28,31). The van der Waals surface area contributed by atoms with E-state index in [4.69, 9.17) is 4.74 Å². The van der Waals surface area contributed by atoms with E-state index in [9.17, 15) is 36.3 Å². The second-order valence-corrected chi connectivity index (χ2v) is 8.77. The molecule has 2 aromatic rings. The largest absolute Gasteiger partial charge is 0.474 e. The number of anilines is 1. The van der Waals surface area contributed by atoms with Gasteiger partial charge in [-0.3, -0.25) is 19.4 Å². The zero-order chi connectivity index (χ0) is 25.8. The van der Waals surface area contributed by atoms with Crippen molar-refractivity contribution in [1.29, 1.82) is 0 Å². The van der Waals surface area contributed by atoms with Crippen molar-refractivity contribution in [3.8, 4) is 11.3 Å². The number of halogens is 5. The Balaban J connectivity index is 1.50. The van der Waals surface area contributed by atoms with E-state index >= 15 is 0 Å². The summed E-state index contributed by atoms with van der Waals surface area (Å²) >= 11 is 0.850. The van der Waals surface area contributed by atoms with Crippen LogP contribution in [-0.2, 0) is 20.5 Å². The van der Waals surface area contributed by atoms with Crippen molar-refractivity contribution in [2.45, 2.75) is 25.7 Å². The number of thiazole rings is 1. The van der Waals surface area contributed by atoms with E-state index in [2.05, 4.69) is 10.3 Å². The maximum Gasteiger partial charge on any atom is 0.419 e. The highest BCUT2D eigenvalue weighted by atomic mass is 32.1. The first-order valence-corrected chi connectivity index (χ1v) is 10.9. The van der Waals surface area contributed by atoms with Gasteiger partial charge in [-0.05, 0) is 24.6 Å². The third kappa shape index (κ3) is 4.22. The van der Waals surface area contributed by atoms with Crippen LogP contribution in [0.2, 0.25) is 0 Å². The maximum atomic E-state index is 14.3. The number of imide groups is 1. The Morgan fingerprint density at radius 2 is 1.89 bits per heavy atom. The summed E-state index contributed by atoms with van der Waals surface area (Å²) in [5, 5.41) is 3.70. The van der Waals surface area contributed by atoms with E-state index in [0.717, 1.165) is 22.3 Å². The normalized spacial score (nSPS) is 20.3. The van der Waals surface area contributed by atoms with Gasteiger partial charge in [-0.2, -0.15) is 13.2 Å². The number of carbonyl (C=O) groups excluding carboxylic acids is 3. The van der Waals surface area contributed by atoms with Gasteiger partial charge in [0.15, 0.2) is 23.0 Å². The average Bonchev–Trinajstić information content (AvgIpc) is 3.36. The van der Waals surface area contributed by atoms with Crippen LogP contribution in [0, 0.1) is 17.6 Å². The molecule has 1 fully saturated rings. The first-order valence-electron chi connectivity index (χ1n) is 10.0. The van der Waals surface area contributed by atoms with Crippen LogP contribution < -0.4 is 5.32 Å². The molecule has 0 saturated carbocycles. The van der Waals surface area contributed by atoms with Crippen LogP contribution in [0.5, 0.6) is 0 Å². The van der Waals surface area contributed by atoms with E-state index in [1.807, 2.05) is 0 Å². The van der Waals surface area contributed by atoms with Crippen LogP contribution in [0.4, 0.5) is 31.9 Å². The number of fused-ring (bicyclic) bond motifs is 1. The first kappa shape index (κ1) is 24.6. The van der Waals surface area contributed by atoms with Gasteiger partial charge in [-0.25, -0.2) is 18.6 Å². The zero-order valence-electron chi connectivity index (χ0n) is 18.4. The highest BCUT2D eigenvalue weighted by Gasteiger charge is 2.51. The topological polar surface area (TPSA) is 91.8 Å². The van der Waals surface area contributed by atoms with Crippen molar-refractivity contribution < 1.29 is 41.1 Å². The minimum absolute atomic E-state index is 0.0159. The molecule has 186 valence electrons. The van der Waals surface area contributed by atoms with Crippen molar-refractivity contribution in [2.24, 2.45) is 5.92 Å². The molecule has 35 heavy (non-hydrogen) atoms. The van der Waals surface area contributed by atoms with Gasteiger partial charge in [-0.15, -0.1) is 11.3 Å². The molecule has 1 aromatic heterocycles. The van der Waals surface area contributed by atoms with E-state index < -0.39 is 58.9 Å². The van der Waals surface area contributed by atoms with Gasteiger partial charge in [0.1, 0.15) is 5.92 Å². The van der Waals surface area contributed by atoms with Gasteiger partial charge in [0.25, 0.3) is 0 Å². The fraction of sp³-hybridized carbons (Fsp3) is 0.333. The van der Waals surface area contributed by atoms with E-state index in [1.54, 1.807) is 6.92 Å². The monoisotopic (exact) mass is 516 g/mol. The number of alkyl halides is 3. The van der Waals surface area contributed by atoms with Gasteiger partial charge >= 0.3 is 12.2 Å². The average molecular weight is 516 g/mol. The molecule has 0 spiro atoms. The van der Waals surface area contributed by atoms with E-state index in [1.165, 1.54) is 24.4 Å². The number of ether oxygens (including phenoxy) is 1. The van der Waals surface area contributed by atoms with Crippen LogP contribution in [0.3, 0.4) is 0 Å². The van der Waals surface area contributed by atoms with Crippen molar-refractivity contribution in [3.05, 3.63) is 46.0 Å². The van der Waals surface area contributed by atoms with Crippen molar-refractivity contribution in [2.75, 3.05) is 19.4 Å². The molecule has 1 N–H and O–H groups in total. The molecule has 0 radical (unpaired) electrons. The molecule has 14 heteroatoms. The number of benzene rings is 1. The van der Waals surface area contributed by atoms with Gasteiger partial charge in [0, 0.05) is 25.0 Å². The van der Waals surface area contributed by atoms with E-state index in [0.29, 0.717) is 17.4 Å². The minimum atomic E-state index is -5.06. The van der Waals surface area contributed by atoms with Crippen molar-refractivity contribution in [1.82, 2.24) is 14.8 Å². The molecular formula is C21H17F5N4O4S. The zero-order valence-corrected chi connectivity index (χ0v) is 19.2. The number of allylic oxidation sites excluding steroid dienone is 1. The third-order valence-electron chi connectivity index (χ3n) is 5.74. The highest BCUT2D eigenvalue weighted by Crippen LogP contribution is 2.39. The SMILES string of the molecule is CC1=C(CC(=O)Nc2nc(-c3ccc(C(F)(F)F)c(F)c3F)cs2)C2C(=O)N(C)C(=O)N(C)C2O1. The lowest BCUT2D eigenvalue weighted by Gasteiger charge is -2.37. The highest BCUT2D eigenvalue weighted by molar-refractivity contribution is 7.14. The summed E-state index contributed by atoms with van der Waals surface area (Å²) in [6, 6.07) is 0.628. The molecule has 8 nitrogen and oxygen atoms in total. The number of rotatable bonds is 4. The Hall–Kier alpha value is -3.55. The number of aromatic nitrogens is 1. The number of amides is 4. The molecule has 0 bridgehead atoms. The second kappa shape index (κ2) is 8.59. The van der Waals surface area contributed by atoms with Gasteiger partial charge < -0.3 is 10.1 Å². The molecule has 2 atom stereocenters. The summed E-state index contributed by atoms with van der Waals surface area (Å²) in [6.45, 7) is 1.57. The lowest BCUT2D eigenvalue weighted by Crippen LogP contribution is -2.58. The summed E-state index contributed by atoms with van der Waals surface area (Å²) < 4.78 is 72.1. The minimum Gasteiger partial charge on any atom is -0.474 e. The number of carbonyl (C=O) groups is 3. The number of nitrogens with zero attached hydrogens (tertiary/aromatic N) is 3. The van der Waals surface area contributed by atoms with Crippen LogP contribution >= 0.6 is 11.3 Å². The first-order chi connectivity index (χ1) is 16.3. The van der Waals surface area contributed by atoms with Gasteiger partial charge in [0.05, 0.1) is 23.4 Å². The summed E-state index contributed by atoms with van der Waals surface area (Å²) in [7, 11) is 2.79. The number of hydrogen-bond acceptors (Lipinski definition) is 6. The van der Waals surface area contributed by atoms with Crippen LogP contribution in [0.15, 0.2) is 28.8 Å². The summed E-state index contributed by atoms with van der Waals surface area (Å²) in [6.07, 6.45) is -6.21. The molecular weight excluding hydrogens is 499 g/mol. The van der Waals surface area contributed by atoms with E-state index in [-0.39, 0.29) is 17.2 Å². The molecule has 2 aliphatic rings. The fourth-order valence-electron chi connectivity index (χ4n) is 3.93. The predicted octanol–water partition coefficient (Wildman–Crippen LogP) is 4.21. The third-order valence-corrected chi connectivity index (χ3v) is 6.50. The van der Waals surface area contributed by atoms with Crippen LogP contribution in [-0.4, -0.2) is 53.0 Å². The molecule has 4 amide bonds. The quantitative estimate of drug-likeness (QED) is 0.615.